The smallest absolute Gasteiger partial charge is 0.338 e. The molecule has 0 aliphatic rings. The fourth-order valence-corrected chi connectivity index (χ4v) is 2.49. The van der Waals surface area contributed by atoms with Crippen LogP contribution >= 0.6 is 0 Å². The second-order valence-corrected chi connectivity index (χ2v) is 5.46. The summed E-state index contributed by atoms with van der Waals surface area (Å²) in [6.07, 6.45) is 2.21. The Morgan fingerprint density at radius 2 is 2.04 bits per heavy atom. The number of nitrogens with zero attached hydrogens (tertiary/aromatic N) is 1. The van der Waals surface area contributed by atoms with Crippen LogP contribution in [0.15, 0.2) is 62.4 Å². The molecule has 0 aliphatic heterocycles. The molecule has 0 unspecified atom stereocenters. The van der Waals surface area contributed by atoms with Crippen molar-refractivity contribution in [2.45, 2.75) is 6.42 Å². The Bertz CT molecular complexity index is 883. The van der Waals surface area contributed by atoms with Crippen LogP contribution in [0, 0.1) is 0 Å². The SMILES string of the molecule is CN(CCCNc1cc(=O)oc2ccccc12)C(=O)c1ccco1. The van der Waals surface area contributed by atoms with Gasteiger partial charge in [-0.1, -0.05) is 12.1 Å². The first kappa shape index (κ1) is 15.9. The van der Waals surface area contributed by atoms with Gasteiger partial charge in [-0.05, 0) is 30.7 Å². The van der Waals surface area contributed by atoms with E-state index in [9.17, 15) is 9.59 Å². The second-order valence-electron chi connectivity index (χ2n) is 5.46. The van der Waals surface area contributed by atoms with Gasteiger partial charge in [-0.15, -0.1) is 0 Å². The lowest BCUT2D eigenvalue weighted by Gasteiger charge is -2.16. The molecule has 3 rings (SSSR count). The number of benzene rings is 1. The molecule has 6 nitrogen and oxygen atoms in total. The minimum Gasteiger partial charge on any atom is -0.459 e. The van der Waals surface area contributed by atoms with Gasteiger partial charge in [-0.2, -0.15) is 0 Å². The number of furan rings is 1. The van der Waals surface area contributed by atoms with Crippen LogP contribution in [0.4, 0.5) is 5.69 Å². The van der Waals surface area contributed by atoms with Crippen molar-refractivity contribution in [2.75, 3.05) is 25.5 Å². The number of nitrogens with one attached hydrogen (secondary N) is 1. The first-order chi connectivity index (χ1) is 11.6. The van der Waals surface area contributed by atoms with Crippen molar-refractivity contribution in [3.63, 3.8) is 0 Å². The molecule has 2 heterocycles. The maximum Gasteiger partial charge on any atom is 0.338 e. The first-order valence-electron chi connectivity index (χ1n) is 7.71. The Morgan fingerprint density at radius 3 is 2.83 bits per heavy atom. The van der Waals surface area contributed by atoms with Crippen LogP contribution in [-0.2, 0) is 0 Å². The van der Waals surface area contributed by atoms with Gasteiger partial charge in [0.25, 0.3) is 5.91 Å². The first-order valence-corrected chi connectivity index (χ1v) is 7.71. The van der Waals surface area contributed by atoms with Gasteiger partial charge >= 0.3 is 5.63 Å². The molecule has 24 heavy (non-hydrogen) atoms. The van der Waals surface area contributed by atoms with Gasteiger partial charge in [0.05, 0.1) is 12.0 Å². The molecule has 0 saturated heterocycles. The molecule has 0 aliphatic carbocycles. The van der Waals surface area contributed by atoms with Crippen molar-refractivity contribution < 1.29 is 13.6 Å². The zero-order valence-corrected chi connectivity index (χ0v) is 13.3. The van der Waals surface area contributed by atoms with Gasteiger partial charge < -0.3 is 19.1 Å². The molecule has 124 valence electrons. The maximum atomic E-state index is 12.0. The van der Waals surface area contributed by atoms with E-state index in [0.717, 1.165) is 17.5 Å². The van der Waals surface area contributed by atoms with Gasteiger partial charge in [0.15, 0.2) is 5.76 Å². The largest absolute Gasteiger partial charge is 0.459 e. The summed E-state index contributed by atoms with van der Waals surface area (Å²) in [5.41, 5.74) is 0.904. The molecular formula is C18H18N2O4. The third-order valence-electron chi connectivity index (χ3n) is 3.71. The summed E-state index contributed by atoms with van der Waals surface area (Å²) in [6, 6.07) is 12.2. The van der Waals surface area contributed by atoms with Crippen LogP contribution in [0.5, 0.6) is 0 Å². The molecule has 0 saturated carbocycles. The molecule has 6 heteroatoms. The van der Waals surface area contributed by atoms with Crippen molar-refractivity contribution in [3.05, 3.63) is 64.9 Å². The van der Waals surface area contributed by atoms with Crippen LogP contribution in [-0.4, -0.2) is 30.9 Å². The van der Waals surface area contributed by atoms with Crippen molar-refractivity contribution in [2.24, 2.45) is 0 Å². The molecule has 1 aromatic carbocycles. The number of carbonyl (C=O) groups excluding carboxylic acids is 1. The average molecular weight is 326 g/mol. The van der Waals surface area contributed by atoms with E-state index in [1.165, 1.54) is 12.3 Å². The highest BCUT2D eigenvalue weighted by Crippen LogP contribution is 2.20. The molecule has 0 radical (unpaired) electrons. The topological polar surface area (TPSA) is 75.7 Å². The number of hydrogen-bond donors (Lipinski definition) is 1. The molecule has 1 amide bonds. The van der Waals surface area contributed by atoms with Gasteiger partial charge in [0, 0.05) is 31.6 Å². The predicted octanol–water partition coefficient (Wildman–Crippen LogP) is 2.96. The number of rotatable bonds is 6. The lowest BCUT2D eigenvalue weighted by molar-refractivity contribution is 0.0763. The molecule has 1 N–H and O–H groups in total. The van der Waals surface area contributed by atoms with Crippen molar-refractivity contribution in [1.29, 1.82) is 0 Å². The van der Waals surface area contributed by atoms with Crippen molar-refractivity contribution in [1.82, 2.24) is 4.90 Å². The van der Waals surface area contributed by atoms with E-state index in [4.69, 9.17) is 8.83 Å². The summed E-state index contributed by atoms with van der Waals surface area (Å²) in [5, 5.41) is 4.09. The van der Waals surface area contributed by atoms with Crippen molar-refractivity contribution in [3.8, 4) is 0 Å². The monoisotopic (exact) mass is 326 g/mol. The minimum atomic E-state index is -0.388. The van der Waals surface area contributed by atoms with E-state index in [0.29, 0.717) is 24.4 Å². The average Bonchev–Trinajstić information content (AvgIpc) is 3.12. The molecular weight excluding hydrogens is 308 g/mol. The zero-order valence-electron chi connectivity index (χ0n) is 13.3. The number of hydrogen-bond acceptors (Lipinski definition) is 5. The maximum absolute atomic E-state index is 12.0. The Morgan fingerprint density at radius 1 is 1.21 bits per heavy atom. The Kier molecular flexibility index (Phi) is 4.65. The highest BCUT2D eigenvalue weighted by atomic mass is 16.4. The molecule has 0 atom stereocenters. The zero-order chi connectivity index (χ0) is 16.9. The second kappa shape index (κ2) is 7.04. The van der Waals surface area contributed by atoms with Crippen molar-refractivity contribution >= 4 is 22.6 Å². The molecule has 2 aromatic heterocycles. The number of carbonyl (C=O) groups is 1. The third kappa shape index (κ3) is 3.48. The summed E-state index contributed by atoms with van der Waals surface area (Å²) in [7, 11) is 1.73. The van der Waals surface area contributed by atoms with Crippen LogP contribution in [0.3, 0.4) is 0 Å². The number of fused-ring (bicyclic) bond motifs is 1. The number of amides is 1. The lowest BCUT2D eigenvalue weighted by atomic mass is 10.2. The third-order valence-corrected chi connectivity index (χ3v) is 3.71. The van der Waals surface area contributed by atoms with Gasteiger partial charge in [0.1, 0.15) is 5.58 Å². The predicted molar refractivity (Wildman–Crippen MR) is 91.3 cm³/mol. The Balaban J connectivity index is 1.57. The molecule has 0 fully saturated rings. The standard InChI is InChI=1S/C18H18N2O4/c1-20(18(22)16-8-4-11-23-16)10-5-9-19-14-12-17(21)24-15-7-3-2-6-13(14)15/h2-4,6-8,11-12,19H,5,9-10H2,1H3. The normalized spacial score (nSPS) is 10.7. The molecule has 3 aromatic rings. The van der Waals surface area contributed by atoms with Gasteiger partial charge in [-0.3, -0.25) is 4.79 Å². The number of anilines is 1. The summed E-state index contributed by atoms with van der Waals surface area (Å²) in [6.45, 7) is 1.20. The van der Waals surface area contributed by atoms with E-state index in [1.54, 1.807) is 30.1 Å². The van der Waals surface area contributed by atoms with Crippen LogP contribution in [0.25, 0.3) is 11.0 Å². The fourth-order valence-electron chi connectivity index (χ4n) is 2.49. The lowest BCUT2D eigenvalue weighted by Crippen LogP contribution is -2.28. The summed E-state index contributed by atoms with van der Waals surface area (Å²) in [4.78, 5) is 25.3. The quantitative estimate of drug-likeness (QED) is 0.557. The fraction of sp³-hybridized carbons (Fsp3) is 0.222. The minimum absolute atomic E-state index is 0.147. The molecule has 0 bridgehead atoms. The van der Waals surface area contributed by atoms with Crippen LogP contribution in [0.1, 0.15) is 17.0 Å². The van der Waals surface area contributed by atoms with E-state index in [2.05, 4.69) is 5.32 Å². The summed E-state index contributed by atoms with van der Waals surface area (Å²) >= 11 is 0. The summed E-state index contributed by atoms with van der Waals surface area (Å²) in [5.74, 6) is 0.183. The highest BCUT2D eigenvalue weighted by Gasteiger charge is 2.13. The summed E-state index contributed by atoms with van der Waals surface area (Å²) < 4.78 is 10.3. The molecule has 0 spiro atoms. The van der Waals surface area contributed by atoms with Gasteiger partial charge in [-0.25, -0.2) is 4.79 Å². The van der Waals surface area contributed by atoms with E-state index in [1.807, 2.05) is 18.2 Å². The number of para-hydroxylation sites is 1. The van der Waals surface area contributed by atoms with E-state index >= 15 is 0 Å². The van der Waals surface area contributed by atoms with E-state index < -0.39 is 0 Å². The van der Waals surface area contributed by atoms with Crippen LogP contribution < -0.4 is 10.9 Å². The van der Waals surface area contributed by atoms with E-state index in [-0.39, 0.29) is 11.5 Å². The highest BCUT2D eigenvalue weighted by molar-refractivity contribution is 5.91. The van der Waals surface area contributed by atoms with Crippen LogP contribution in [0.2, 0.25) is 0 Å². The Hall–Kier alpha value is -3.02. The van der Waals surface area contributed by atoms with Gasteiger partial charge in [0.2, 0.25) is 0 Å². The Labute approximate surface area is 138 Å².